The van der Waals surface area contributed by atoms with Crippen LogP contribution in [0.2, 0.25) is 0 Å². The Hall–Kier alpha value is -2.18. The van der Waals surface area contributed by atoms with Crippen LogP contribution >= 0.6 is 0 Å². The highest BCUT2D eigenvalue weighted by Crippen LogP contribution is 2.22. The smallest absolute Gasteiger partial charge is 0.237 e. The minimum atomic E-state index is -0.481. The number of nitrogens with two attached hydrogens (primary N) is 1. The fraction of sp³-hybridized carbons (Fsp3) is 0.474. The third-order valence-corrected chi connectivity index (χ3v) is 4.78. The summed E-state index contributed by atoms with van der Waals surface area (Å²) < 4.78 is 5.34. The van der Waals surface area contributed by atoms with Gasteiger partial charge in [-0.05, 0) is 36.5 Å². The number of anilines is 1. The van der Waals surface area contributed by atoms with Gasteiger partial charge in [-0.3, -0.25) is 4.79 Å². The van der Waals surface area contributed by atoms with Crippen molar-refractivity contribution in [2.45, 2.75) is 25.4 Å². The van der Waals surface area contributed by atoms with Crippen LogP contribution in [0.15, 0.2) is 30.3 Å². The van der Waals surface area contributed by atoms with Crippen LogP contribution in [0.4, 0.5) is 5.82 Å². The molecule has 0 spiro atoms. The number of nitrogens with zero attached hydrogens (tertiary/aromatic N) is 2. The van der Waals surface area contributed by atoms with Gasteiger partial charge < -0.3 is 20.7 Å². The number of carbonyl (C=O) groups is 1. The van der Waals surface area contributed by atoms with Crippen molar-refractivity contribution in [3.8, 4) is 0 Å². The number of rotatable bonds is 5. The van der Waals surface area contributed by atoms with Gasteiger partial charge in [0.15, 0.2) is 0 Å². The number of nitrogens with one attached hydrogen (secondary N) is 1. The van der Waals surface area contributed by atoms with E-state index in [1.54, 1.807) is 0 Å². The Morgan fingerprint density at radius 3 is 2.80 bits per heavy atom. The highest BCUT2D eigenvalue weighted by Gasteiger charge is 2.26. The van der Waals surface area contributed by atoms with Crippen LogP contribution in [0.3, 0.4) is 0 Å². The minimum Gasteiger partial charge on any atom is -0.381 e. The molecule has 25 heavy (non-hydrogen) atoms. The van der Waals surface area contributed by atoms with Crippen molar-refractivity contribution >= 4 is 22.6 Å². The molecular formula is C19H26N4O2. The van der Waals surface area contributed by atoms with Crippen molar-refractivity contribution in [2.75, 3.05) is 32.2 Å². The van der Waals surface area contributed by atoms with Crippen LogP contribution in [0.1, 0.15) is 18.4 Å². The van der Waals surface area contributed by atoms with E-state index < -0.39 is 6.04 Å². The maximum Gasteiger partial charge on any atom is 0.237 e. The van der Waals surface area contributed by atoms with Crippen LogP contribution in [0.25, 0.3) is 10.9 Å². The third-order valence-electron chi connectivity index (χ3n) is 4.78. The van der Waals surface area contributed by atoms with Crippen LogP contribution in [-0.2, 0) is 16.1 Å². The van der Waals surface area contributed by atoms with Crippen LogP contribution < -0.4 is 16.0 Å². The molecule has 3 rings (SSSR count). The fourth-order valence-corrected chi connectivity index (χ4v) is 3.20. The molecule has 0 bridgehead atoms. The van der Waals surface area contributed by atoms with Gasteiger partial charge in [-0.1, -0.05) is 18.2 Å². The number of hydrogen-bond donors (Lipinski definition) is 2. The zero-order valence-electron chi connectivity index (χ0n) is 14.9. The lowest BCUT2D eigenvalue weighted by Crippen LogP contribution is -2.46. The maximum atomic E-state index is 12.5. The van der Waals surface area contributed by atoms with E-state index in [4.69, 9.17) is 10.5 Å². The average molecular weight is 342 g/mol. The number of pyridine rings is 1. The maximum absolute atomic E-state index is 12.5. The minimum absolute atomic E-state index is 0.0980. The van der Waals surface area contributed by atoms with Crippen molar-refractivity contribution in [3.63, 3.8) is 0 Å². The van der Waals surface area contributed by atoms with Gasteiger partial charge in [0, 0.05) is 39.2 Å². The number of hydrogen-bond acceptors (Lipinski definition) is 5. The molecule has 0 saturated carbocycles. The normalized spacial score (nSPS) is 16.6. The van der Waals surface area contributed by atoms with Crippen molar-refractivity contribution in [3.05, 3.63) is 35.9 Å². The van der Waals surface area contributed by atoms with E-state index in [2.05, 4.69) is 10.3 Å². The van der Waals surface area contributed by atoms with Gasteiger partial charge in [-0.25, -0.2) is 4.98 Å². The van der Waals surface area contributed by atoms with Crippen molar-refractivity contribution in [1.82, 2.24) is 10.3 Å². The molecule has 1 aliphatic heterocycles. The topological polar surface area (TPSA) is 80.5 Å². The Morgan fingerprint density at radius 2 is 2.08 bits per heavy atom. The van der Waals surface area contributed by atoms with E-state index in [1.165, 1.54) is 0 Å². The molecule has 2 heterocycles. The zero-order valence-corrected chi connectivity index (χ0v) is 14.9. The molecule has 3 N–H and O–H groups in total. The second kappa shape index (κ2) is 7.80. The van der Waals surface area contributed by atoms with E-state index in [0.29, 0.717) is 19.8 Å². The highest BCUT2D eigenvalue weighted by molar-refractivity contribution is 5.86. The first-order chi connectivity index (χ1) is 12.1. The fourth-order valence-electron chi connectivity index (χ4n) is 3.20. The molecule has 1 aromatic heterocycles. The third kappa shape index (κ3) is 4.08. The molecule has 1 aliphatic rings. The summed E-state index contributed by atoms with van der Waals surface area (Å²) in [4.78, 5) is 19.1. The van der Waals surface area contributed by atoms with Gasteiger partial charge >= 0.3 is 0 Å². The molecule has 1 fully saturated rings. The molecule has 1 unspecified atom stereocenters. The molecule has 1 saturated heterocycles. The first-order valence-corrected chi connectivity index (χ1v) is 8.73. The van der Waals surface area contributed by atoms with E-state index in [1.807, 2.05) is 49.3 Å². The monoisotopic (exact) mass is 342 g/mol. The number of para-hydroxylation sites is 1. The van der Waals surface area contributed by atoms with E-state index in [-0.39, 0.29) is 11.8 Å². The second-order valence-electron chi connectivity index (χ2n) is 6.74. The summed E-state index contributed by atoms with van der Waals surface area (Å²) >= 11 is 0. The molecule has 0 aliphatic carbocycles. The number of amides is 1. The summed E-state index contributed by atoms with van der Waals surface area (Å²) in [5.74, 6) is 0.969. The number of ether oxygens (including phenoxy) is 1. The van der Waals surface area contributed by atoms with E-state index in [9.17, 15) is 4.79 Å². The Bertz CT molecular complexity index is 741. The summed E-state index contributed by atoms with van der Waals surface area (Å²) in [6, 6.07) is 9.51. The SMILES string of the molecule is CN(C)c1cc(CNC(=O)C(N)C2CCOCC2)c2ccccc2n1. The Labute approximate surface area is 148 Å². The van der Waals surface area contributed by atoms with Crippen molar-refractivity contribution in [2.24, 2.45) is 11.7 Å². The Morgan fingerprint density at radius 1 is 1.36 bits per heavy atom. The predicted molar refractivity (Wildman–Crippen MR) is 99.4 cm³/mol. The quantitative estimate of drug-likeness (QED) is 0.864. The van der Waals surface area contributed by atoms with E-state index >= 15 is 0 Å². The van der Waals surface area contributed by atoms with Gasteiger partial charge in [0.25, 0.3) is 0 Å². The van der Waals surface area contributed by atoms with Crippen LogP contribution in [0, 0.1) is 5.92 Å². The molecule has 6 heteroatoms. The van der Waals surface area contributed by atoms with Crippen LogP contribution in [0.5, 0.6) is 0 Å². The molecule has 6 nitrogen and oxygen atoms in total. The first kappa shape index (κ1) is 17.6. The Kier molecular flexibility index (Phi) is 5.50. The first-order valence-electron chi connectivity index (χ1n) is 8.73. The molecule has 1 amide bonds. The molecule has 2 aromatic rings. The lowest BCUT2D eigenvalue weighted by atomic mass is 9.92. The van der Waals surface area contributed by atoms with Crippen LogP contribution in [-0.4, -0.2) is 44.2 Å². The molecule has 1 aromatic carbocycles. The number of benzene rings is 1. The predicted octanol–water partition coefficient (Wildman–Crippen LogP) is 1.67. The molecule has 1 atom stereocenters. The van der Waals surface area contributed by atoms with Gasteiger partial charge in [-0.15, -0.1) is 0 Å². The summed E-state index contributed by atoms with van der Waals surface area (Å²) in [7, 11) is 3.92. The summed E-state index contributed by atoms with van der Waals surface area (Å²) in [6.07, 6.45) is 1.69. The zero-order chi connectivity index (χ0) is 17.8. The van der Waals surface area contributed by atoms with Gasteiger partial charge in [0.05, 0.1) is 11.6 Å². The lowest BCUT2D eigenvalue weighted by molar-refractivity contribution is -0.124. The molecular weight excluding hydrogens is 316 g/mol. The van der Waals surface area contributed by atoms with Gasteiger partial charge in [0.2, 0.25) is 5.91 Å². The standard InChI is InChI=1S/C19H26N4O2/c1-23(2)17-11-14(15-5-3-4-6-16(15)22-17)12-21-19(24)18(20)13-7-9-25-10-8-13/h3-6,11,13,18H,7-10,12,20H2,1-2H3,(H,21,24). The average Bonchev–Trinajstić information content (AvgIpc) is 2.65. The highest BCUT2D eigenvalue weighted by atomic mass is 16.5. The second-order valence-corrected chi connectivity index (χ2v) is 6.74. The summed E-state index contributed by atoms with van der Waals surface area (Å²) in [5.41, 5.74) is 8.12. The largest absolute Gasteiger partial charge is 0.381 e. The number of carbonyl (C=O) groups excluding carboxylic acids is 1. The van der Waals surface area contributed by atoms with E-state index in [0.717, 1.165) is 35.1 Å². The van der Waals surface area contributed by atoms with Crippen molar-refractivity contribution in [1.29, 1.82) is 0 Å². The van der Waals surface area contributed by atoms with Gasteiger partial charge in [-0.2, -0.15) is 0 Å². The van der Waals surface area contributed by atoms with Gasteiger partial charge in [0.1, 0.15) is 5.82 Å². The number of aromatic nitrogens is 1. The number of fused-ring (bicyclic) bond motifs is 1. The Balaban J connectivity index is 1.74. The molecule has 134 valence electrons. The lowest BCUT2D eigenvalue weighted by Gasteiger charge is -2.26. The van der Waals surface area contributed by atoms with Crippen molar-refractivity contribution < 1.29 is 9.53 Å². The molecule has 0 radical (unpaired) electrons. The summed E-state index contributed by atoms with van der Waals surface area (Å²) in [5, 5.41) is 4.05. The summed E-state index contributed by atoms with van der Waals surface area (Å²) in [6.45, 7) is 1.82.